The largest absolute Gasteiger partial charge is 0.460 e. The number of carbonyl (C=O) groups excluding carboxylic acids is 1. The molecule has 0 aliphatic rings. The number of benzene rings is 1. The summed E-state index contributed by atoms with van der Waals surface area (Å²) in [4.78, 5) is 11.8. The van der Waals surface area contributed by atoms with Gasteiger partial charge in [0.05, 0.1) is 5.92 Å². The molecule has 0 saturated carbocycles. The molecule has 0 amide bonds. The van der Waals surface area contributed by atoms with Crippen molar-refractivity contribution in [3.63, 3.8) is 0 Å². The molecule has 0 saturated heterocycles. The minimum absolute atomic E-state index is 0.301. The van der Waals surface area contributed by atoms with Crippen LogP contribution in [0.2, 0.25) is 0 Å². The smallest absolute Gasteiger partial charge is 0.309 e. The van der Waals surface area contributed by atoms with E-state index in [0.29, 0.717) is 16.5 Å². The Morgan fingerprint density at radius 2 is 2.06 bits per heavy atom. The van der Waals surface area contributed by atoms with Crippen LogP contribution < -0.4 is 0 Å². The summed E-state index contributed by atoms with van der Waals surface area (Å²) in [6.07, 6.45) is 0.341. The van der Waals surface area contributed by atoms with Crippen molar-refractivity contribution in [1.29, 1.82) is 0 Å². The molecule has 1 atom stereocenters. The van der Waals surface area contributed by atoms with E-state index in [0.717, 1.165) is 0 Å². The zero-order valence-electron chi connectivity index (χ0n) is 11.1. The molecule has 0 aliphatic heterocycles. The van der Waals surface area contributed by atoms with Gasteiger partial charge in [-0.25, -0.2) is 4.39 Å². The van der Waals surface area contributed by atoms with Gasteiger partial charge >= 0.3 is 5.97 Å². The Labute approximate surface area is 116 Å². The van der Waals surface area contributed by atoms with Crippen LogP contribution in [0.25, 0.3) is 0 Å². The lowest BCUT2D eigenvalue weighted by atomic mass is 10.0. The van der Waals surface area contributed by atoms with Crippen LogP contribution in [-0.2, 0) is 16.0 Å². The lowest BCUT2D eigenvalue weighted by Crippen LogP contribution is -2.28. The number of rotatable bonds is 3. The van der Waals surface area contributed by atoms with Crippen LogP contribution in [0.15, 0.2) is 22.7 Å². The topological polar surface area (TPSA) is 26.3 Å². The first-order chi connectivity index (χ1) is 8.19. The third-order valence-electron chi connectivity index (χ3n) is 2.35. The van der Waals surface area contributed by atoms with Crippen LogP contribution in [0.4, 0.5) is 4.39 Å². The van der Waals surface area contributed by atoms with Crippen LogP contribution in [0.1, 0.15) is 33.3 Å². The van der Waals surface area contributed by atoms with Crippen molar-refractivity contribution in [2.75, 3.05) is 0 Å². The van der Waals surface area contributed by atoms with Gasteiger partial charge in [-0.3, -0.25) is 4.79 Å². The second-order valence-corrected chi connectivity index (χ2v) is 6.29. The van der Waals surface area contributed by atoms with E-state index in [1.54, 1.807) is 19.1 Å². The Morgan fingerprint density at radius 1 is 1.44 bits per heavy atom. The number of ether oxygens (including phenoxy) is 1. The zero-order chi connectivity index (χ0) is 13.9. The lowest BCUT2D eigenvalue weighted by molar-refractivity contribution is -0.159. The molecule has 0 aliphatic carbocycles. The summed E-state index contributed by atoms with van der Waals surface area (Å²) in [6, 6.07) is 4.84. The van der Waals surface area contributed by atoms with Gasteiger partial charge in [-0.05, 0) is 44.9 Å². The molecule has 0 aromatic heterocycles. The Balaban J connectivity index is 2.69. The molecule has 1 unspecified atom stereocenters. The number of hydrogen-bond acceptors (Lipinski definition) is 2. The van der Waals surface area contributed by atoms with E-state index < -0.39 is 5.60 Å². The van der Waals surface area contributed by atoms with Crippen molar-refractivity contribution in [2.45, 2.75) is 39.7 Å². The molecular formula is C14H18BrFO2. The summed E-state index contributed by atoms with van der Waals surface area (Å²) in [5.74, 6) is -0.968. The van der Waals surface area contributed by atoms with Gasteiger partial charge in [0.25, 0.3) is 0 Å². The SMILES string of the molecule is CC(Cc1ccc(Br)cc1F)C(=O)OC(C)(C)C. The molecule has 2 nitrogen and oxygen atoms in total. The number of carbonyl (C=O) groups is 1. The minimum atomic E-state index is -0.510. The van der Waals surface area contributed by atoms with E-state index >= 15 is 0 Å². The highest BCUT2D eigenvalue weighted by molar-refractivity contribution is 9.10. The van der Waals surface area contributed by atoms with Crippen LogP contribution in [0.3, 0.4) is 0 Å². The van der Waals surface area contributed by atoms with E-state index in [2.05, 4.69) is 15.9 Å². The summed E-state index contributed by atoms with van der Waals surface area (Å²) in [7, 11) is 0. The highest BCUT2D eigenvalue weighted by Crippen LogP contribution is 2.20. The van der Waals surface area contributed by atoms with Crippen LogP contribution in [0.5, 0.6) is 0 Å². The van der Waals surface area contributed by atoms with E-state index in [9.17, 15) is 9.18 Å². The van der Waals surface area contributed by atoms with Gasteiger partial charge in [-0.15, -0.1) is 0 Å². The van der Waals surface area contributed by atoms with Gasteiger partial charge in [-0.2, -0.15) is 0 Å². The third kappa shape index (κ3) is 4.77. The van der Waals surface area contributed by atoms with Crippen molar-refractivity contribution < 1.29 is 13.9 Å². The number of esters is 1. The zero-order valence-corrected chi connectivity index (χ0v) is 12.7. The Hall–Kier alpha value is -0.900. The summed E-state index contributed by atoms with van der Waals surface area (Å²) in [5.41, 5.74) is 0.0143. The molecule has 0 bridgehead atoms. The molecule has 1 rings (SSSR count). The molecule has 18 heavy (non-hydrogen) atoms. The highest BCUT2D eigenvalue weighted by Gasteiger charge is 2.22. The van der Waals surface area contributed by atoms with Crippen molar-refractivity contribution in [3.05, 3.63) is 34.1 Å². The van der Waals surface area contributed by atoms with Crippen molar-refractivity contribution in [2.24, 2.45) is 5.92 Å². The summed E-state index contributed by atoms with van der Waals surface area (Å²) < 4.78 is 19.6. The quantitative estimate of drug-likeness (QED) is 0.784. The van der Waals surface area contributed by atoms with Crippen LogP contribution >= 0.6 is 15.9 Å². The molecule has 1 aromatic carbocycles. The maximum Gasteiger partial charge on any atom is 0.309 e. The average molecular weight is 317 g/mol. The van der Waals surface area contributed by atoms with E-state index in [-0.39, 0.29) is 17.7 Å². The molecule has 0 radical (unpaired) electrons. The Morgan fingerprint density at radius 3 is 2.56 bits per heavy atom. The van der Waals surface area contributed by atoms with Gasteiger partial charge < -0.3 is 4.74 Å². The first-order valence-corrected chi connectivity index (χ1v) is 6.65. The molecule has 0 heterocycles. The molecule has 4 heteroatoms. The van der Waals surface area contributed by atoms with Gasteiger partial charge in [0.15, 0.2) is 0 Å². The molecule has 1 aromatic rings. The predicted octanol–water partition coefficient (Wildman–Crippen LogP) is 4.11. The summed E-state index contributed by atoms with van der Waals surface area (Å²) in [5, 5.41) is 0. The summed E-state index contributed by atoms with van der Waals surface area (Å²) >= 11 is 3.20. The molecule has 100 valence electrons. The van der Waals surface area contributed by atoms with Crippen LogP contribution in [-0.4, -0.2) is 11.6 Å². The predicted molar refractivity (Wildman–Crippen MR) is 72.8 cm³/mol. The molecule has 0 fully saturated rings. The number of hydrogen-bond donors (Lipinski definition) is 0. The van der Waals surface area contributed by atoms with Crippen molar-refractivity contribution >= 4 is 21.9 Å². The fourth-order valence-corrected chi connectivity index (χ4v) is 1.84. The lowest BCUT2D eigenvalue weighted by Gasteiger charge is -2.22. The van der Waals surface area contributed by atoms with Crippen LogP contribution in [0, 0.1) is 11.7 Å². The van der Waals surface area contributed by atoms with Gasteiger partial charge in [0.1, 0.15) is 11.4 Å². The molecule has 0 N–H and O–H groups in total. The first kappa shape index (κ1) is 15.2. The Kier molecular flexibility index (Phi) is 4.91. The fourth-order valence-electron chi connectivity index (χ4n) is 1.50. The standard InChI is InChI=1S/C14H18BrFO2/c1-9(13(17)18-14(2,3)4)7-10-5-6-11(15)8-12(10)16/h5-6,8-9H,7H2,1-4H3. The monoisotopic (exact) mass is 316 g/mol. The minimum Gasteiger partial charge on any atom is -0.460 e. The van der Waals surface area contributed by atoms with Crippen molar-refractivity contribution in [1.82, 2.24) is 0 Å². The van der Waals surface area contributed by atoms with E-state index in [4.69, 9.17) is 4.74 Å². The summed E-state index contributed by atoms with van der Waals surface area (Å²) in [6.45, 7) is 7.20. The molecular weight excluding hydrogens is 299 g/mol. The van der Waals surface area contributed by atoms with Gasteiger partial charge in [0.2, 0.25) is 0 Å². The first-order valence-electron chi connectivity index (χ1n) is 5.86. The average Bonchev–Trinajstić information content (AvgIpc) is 2.19. The second kappa shape index (κ2) is 5.83. The molecule has 0 spiro atoms. The third-order valence-corrected chi connectivity index (χ3v) is 2.84. The van der Waals surface area contributed by atoms with Gasteiger partial charge in [0, 0.05) is 4.47 Å². The fraction of sp³-hybridized carbons (Fsp3) is 0.500. The van der Waals surface area contributed by atoms with E-state index in [1.807, 2.05) is 20.8 Å². The normalized spacial score (nSPS) is 13.2. The highest BCUT2D eigenvalue weighted by atomic mass is 79.9. The van der Waals surface area contributed by atoms with E-state index in [1.165, 1.54) is 6.07 Å². The maximum atomic E-state index is 13.6. The maximum absolute atomic E-state index is 13.6. The second-order valence-electron chi connectivity index (χ2n) is 5.37. The van der Waals surface area contributed by atoms with Gasteiger partial charge in [-0.1, -0.05) is 28.9 Å². The van der Waals surface area contributed by atoms with Crippen molar-refractivity contribution in [3.8, 4) is 0 Å². The Bertz CT molecular complexity index is 438. The number of halogens is 2.